The van der Waals surface area contributed by atoms with Crippen molar-refractivity contribution in [2.75, 3.05) is 19.8 Å². The van der Waals surface area contributed by atoms with Gasteiger partial charge in [0, 0.05) is 18.9 Å². The maximum atomic E-state index is 5.49. The van der Waals surface area contributed by atoms with Crippen molar-refractivity contribution in [3.8, 4) is 0 Å². The van der Waals surface area contributed by atoms with Gasteiger partial charge in [0.25, 0.3) is 0 Å². The second-order valence-corrected chi connectivity index (χ2v) is 4.34. The van der Waals surface area contributed by atoms with Crippen LogP contribution in [0.15, 0.2) is 22.8 Å². The van der Waals surface area contributed by atoms with Crippen molar-refractivity contribution >= 4 is 0 Å². The van der Waals surface area contributed by atoms with E-state index in [0.717, 1.165) is 31.6 Å². The van der Waals surface area contributed by atoms with Gasteiger partial charge < -0.3 is 19.2 Å². The Morgan fingerprint density at radius 1 is 1.41 bits per heavy atom. The summed E-state index contributed by atoms with van der Waals surface area (Å²) in [6, 6.07) is 4.29. The Hall–Kier alpha value is -0.840. The number of hydrogen-bond donors (Lipinski definition) is 1. The van der Waals surface area contributed by atoms with E-state index in [1.54, 1.807) is 6.26 Å². The normalized spacial score (nSPS) is 18.6. The number of nitrogens with one attached hydrogen (secondary N) is 1. The van der Waals surface area contributed by atoms with E-state index in [9.17, 15) is 0 Å². The molecule has 0 amide bonds. The molecule has 1 unspecified atom stereocenters. The van der Waals surface area contributed by atoms with Crippen LogP contribution in [0, 0.1) is 0 Å². The number of ether oxygens (including phenoxy) is 2. The van der Waals surface area contributed by atoms with Gasteiger partial charge >= 0.3 is 0 Å². The largest absolute Gasteiger partial charge is 0.469 e. The second-order valence-electron chi connectivity index (χ2n) is 4.34. The van der Waals surface area contributed by atoms with Crippen LogP contribution in [-0.4, -0.2) is 32.1 Å². The Kier molecular flexibility index (Phi) is 5.04. The highest BCUT2D eigenvalue weighted by molar-refractivity contribution is 5.00. The average Bonchev–Trinajstić information content (AvgIpc) is 2.99. The smallest absolute Gasteiger partial charge is 0.159 e. The maximum Gasteiger partial charge on any atom is 0.159 e. The zero-order valence-electron chi connectivity index (χ0n) is 10.4. The van der Waals surface area contributed by atoms with Crippen molar-refractivity contribution in [2.24, 2.45) is 0 Å². The van der Waals surface area contributed by atoms with E-state index in [-0.39, 0.29) is 6.29 Å². The van der Waals surface area contributed by atoms with Crippen LogP contribution in [0.2, 0.25) is 0 Å². The first-order valence-corrected chi connectivity index (χ1v) is 6.37. The first-order valence-electron chi connectivity index (χ1n) is 6.37. The van der Waals surface area contributed by atoms with Crippen LogP contribution in [0.5, 0.6) is 0 Å². The van der Waals surface area contributed by atoms with E-state index in [2.05, 4.69) is 12.2 Å². The van der Waals surface area contributed by atoms with Gasteiger partial charge in [0.05, 0.1) is 19.5 Å². The zero-order chi connectivity index (χ0) is 11.9. The third-order valence-corrected chi connectivity index (χ3v) is 2.88. The molecule has 0 aliphatic carbocycles. The highest BCUT2D eigenvalue weighted by Gasteiger charge is 2.21. The minimum absolute atomic E-state index is 0.0562. The third-order valence-electron chi connectivity index (χ3n) is 2.88. The number of rotatable bonds is 7. The van der Waals surface area contributed by atoms with Crippen molar-refractivity contribution in [2.45, 2.75) is 38.5 Å². The standard InChI is InChI=1S/C13H21NO3/c1-2-5-14-11(9-12-4-3-6-15-12)10-13-16-7-8-17-13/h3-4,6,11,13-14H,2,5,7-10H2,1H3. The molecule has 2 heterocycles. The molecule has 0 aromatic carbocycles. The van der Waals surface area contributed by atoms with Crippen molar-refractivity contribution in [1.29, 1.82) is 0 Å². The fourth-order valence-corrected chi connectivity index (χ4v) is 2.03. The predicted molar refractivity (Wildman–Crippen MR) is 64.8 cm³/mol. The van der Waals surface area contributed by atoms with E-state index in [1.165, 1.54) is 0 Å². The van der Waals surface area contributed by atoms with Gasteiger partial charge in [-0.25, -0.2) is 0 Å². The molecule has 1 fully saturated rings. The van der Waals surface area contributed by atoms with Crippen LogP contribution in [-0.2, 0) is 15.9 Å². The summed E-state index contributed by atoms with van der Waals surface area (Å²) in [7, 11) is 0. The lowest BCUT2D eigenvalue weighted by Gasteiger charge is -2.20. The lowest BCUT2D eigenvalue weighted by Crippen LogP contribution is -2.35. The molecule has 17 heavy (non-hydrogen) atoms. The quantitative estimate of drug-likeness (QED) is 0.790. The second kappa shape index (κ2) is 6.79. The van der Waals surface area contributed by atoms with Crippen molar-refractivity contribution in [3.63, 3.8) is 0 Å². The molecule has 1 aliphatic rings. The first-order chi connectivity index (χ1) is 8.38. The summed E-state index contributed by atoms with van der Waals surface area (Å²) in [5.74, 6) is 1.01. The summed E-state index contributed by atoms with van der Waals surface area (Å²) < 4.78 is 16.4. The molecule has 0 saturated carbocycles. The van der Waals surface area contributed by atoms with E-state index < -0.39 is 0 Å². The molecule has 1 saturated heterocycles. The Bertz CT molecular complexity index is 294. The van der Waals surface area contributed by atoms with Gasteiger partial charge in [-0.3, -0.25) is 0 Å². The Labute approximate surface area is 102 Å². The molecular weight excluding hydrogens is 218 g/mol. The SMILES string of the molecule is CCCNC(Cc1ccco1)CC1OCCO1. The summed E-state index contributed by atoms with van der Waals surface area (Å²) in [4.78, 5) is 0. The van der Waals surface area contributed by atoms with E-state index in [0.29, 0.717) is 19.3 Å². The summed E-state index contributed by atoms with van der Waals surface area (Å²) in [5.41, 5.74) is 0. The number of hydrogen-bond acceptors (Lipinski definition) is 4. The van der Waals surface area contributed by atoms with Crippen LogP contribution in [0.25, 0.3) is 0 Å². The van der Waals surface area contributed by atoms with Gasteiger partial charge in [0.15, 0.2) is 6.29 Å². The fraction of sp³-hybridized carbons (Fsp3) is 0.692. The highest BCUT2D eigenvalue weighted by Crippen LogP contribution is 2.14. The number of furan rings is 1. The molecule has 4 heteroatoms. The summed E-state index contributed by atoms with van der Waals surface area (Å²) >= 11 is 0. The van der Waals surface area contributed by atoms with E-state index >= 15 is 0 Å². The average molecular weight is 239 g/mol. The minimum Gasteiger partial charge on any atom is -0.469 e. The molecule has 1 aromatic rings. The van der Waals surface area contributed by atoms with Crippen LogP contribution < -0.4 is 5.32 Å². The molecule has 96 valence electrons. The first kappa shape index (κ1) is 12.6. The topological polar surface area (TPSA) is 43.6 Å². The van der Waals surface area contributed by atoms with Gasteiger partial charge in [-0.1, -0.05) is 6.92 Å². The predicted octanol–water partition coefficient (Wildman–Crippen LogP) is 1.95. The zero-order valence-corrected chi connectivity index (χ0v) is 10.4. The Balaban J connectivity index is 1.83. The Morgan fingerprint density at radius 2 is 2.24 bits per heavy atom. The Morgan fingerprint density at radius 3 is 2.88 bits per heavy atom. The molecule has 0 radical (unpaired) electrons. The monoisotopic (exact) mass is 239 g/mol. The molecule has 1 atom stereocenters. The van der Waals surface area contributed by atoms with E-state index in [4.69, 9.17) is 13.9 Å². The van der Waals surface area contributed by atoms with Crippen LogP contribution in [0.4, 0.5) is 0 Å². The van der Waals surface area contributed by atoms with Gasteiger partial charge in [0.1, 0.15) is 5.76 Å². The molecule has 0 spiro atoms. The van der Waals surface area contributed by atoms with Gasteiger partial charge in [-0.15, -0.1) is 0 Å². The van der Waals surface area contributed by atoms with Crippen molar-refractivity contribution in [1.82, 2.24) is 5.32 Å². The van der Waals surface area contributed by atoms with Gasteiger partial charge in [-0.2, -0.15) is 0 Å². The molecule has 0 bridgehead atoms. The van der Waals surface area contributed by atoms with Gasteiger partial charge in [0.2, 0.25) is 0 Å². The third kappa shape index (κ3) is 4.15. The highest BCUT2D eigenvalue weighted by atomic mass is 16.7. The molecule has 1 aromatic heterocycles. The molecule has 4 nitrogen and oxygen atoms in total. The molecule has 1 aliphatic heterocycles. The fourth-order valence-electron chi connectivity index (χ4n) is 2.03. The summed E-state index contributed by atoms with van der Waals surface area (Å²) in [6.45, 7) is 4.61. The molecule has 1 N–H and O–H groups in total. The minimum atomic E-state index is -0.0562. The lowest BCUT2D eigenvalue weighted by atomic mass is 10.1. The van der Waals surface area contributed by atoms with E-state index in [1.807, 2.05) is 12.1 Å². The van der Waals surface area contributed by atoms with Crippen molar-refractivity contribution < 1.29 is 13.9 Å². The summed E-state index contributed by atoms with van der Waals surface area (Å²) in [6.07, 6.45) is 4.55. The van der Waals surface area contributed by atoms with Gasteiger partial charge in [-0.05, 0) is 25.1 Å². The maximum absolute atomic E-state index is 5.49. The van der Waals surface area contributed by atoms with Crippen LogP contribution >= 0.6 is 0 Å². The molecular formula is C13H21NO3. The van der Waals surface area contributed by atoms with Crippen LogP contribution in [0.3, 0.4) is 0 Å². The van der Waals surface area contributed by atoms with Crippen molar-refractivity contribution in [3.05, 3.63) is 24.2 Å². The molecule has 2 rings (SSSR count). The van der Waals surface area contributed by atoms with Crippen LogP contribution in [0.1, 0.15) is 25.5 Å². The summed E-state index contributed by atoms with van der Waals surface area (Å²) in [5, 5.41) is 3.51. The lowest BCUT2D eigenvalue weighted by molar-refractivity contribution is -0.0528.